The van der Waals surface area contributed by atoms with Gasteiger partial charge in [0, 0.05) is 24.3 Å². The van der Waals surface area contributed by atoms with Gasteiger partial charge in [-0.1, -0.05) is 0 Å². The van der Waals surface area contributed by atoms with E-state index >= 15 is 0 Å². The summed E-state index contributed by atoms with van der Waals surface area (Å²) in [4.78, 5) is 18.8. The molecule has 4 aliphatic rings. The van der Waals surface area contributed by atoms with Gasteiger partial charge in [0.2, 0.25) is 0 Å². The molecule has 2 atom stereocenters. The average molecular weight is 345 g/mol. The van der Waals surface area contributed by atoms with Gasteiger partial charge >= 0.3 is 0 Å². The number of rotatable bonds is 0. The van der Waals surface area contributed by atoms with Crippen LogP contribution in [0.3, 0.4) is 0 Å². The van der Waals surface area contributed by atoms with Gasteiger partial charge in [0.1, 0.15) is 5.75 Å². The summed E-state index contributed by atoms with van der Waals surface area (Å²) in [7, 11) is 0. The molecule has 1 aliphatic carbocycles. The number of carbonyl (C=O) groups excluding carboxylic acids is 1. The number of fused-ring (bicyclic) bond motifs is 5. The minimum absolute atomic E-state index is 0.00912. The molecule has 5 rings (SSSR count). The van der Waals surface area contributed by atoms with Gasteiger partial charge in [0.15, 0.2) is 6.61 Å². The zero-order chi connectivity index (χ0) is 17.2. The zero-order valence-corrected chi connectivity index (χ0v) is 14.6. The lowest BCUT2D eigenvalue weighted by atomic mass is 9.82. The van der Waals surface area contributed by atoms with Crippen LogP contribution in [0.5, 0.6) is 5.75 Å². The Labute approximate surface area is 148 Å². The molecule has 0 aromatic carbocycles. The van der Waals surface area contributed by atoms with Crippen LogP contribution in [0.1, 0.15) is 50.0 Å². The van der Waals surface area contributed by atoms with Crippen LogP contribution < -0.4 is 10.5 Å². The summed E-state index contributed by atoms with van der Waals surface area (Å²) >= 11 is 0. The third kappa shape index (κ3) is 3.51. The lowest BCUT2D eigenvalue weighted by molar-refractivity contribution is -0.140. The molecule has 2 fully saturated rings. The van der Waals surface area contributed by atoms with Crippen LogP contribution in [0, 0.1) is 0 Å². The Morgan fingerprint density at radius 2 is 2.04 bits per heavy atom. The molecule has 3 aliphatic heterocycles. The smallest absolute Gasteiger partial charge is 0.260 e. The largest absolute Gasteiger partial charge is 0.482 e. The standard InChI is InChI=1S/C19H27N3O3/c20-16-2-1-9-22-17(16)11-24-14-5-3-13(4-6-14)15-7-8-21-10-18(15)25-12-19(22)23/h7-8,10,13-14,16-17H,1-6,9,11-12,20H2/t13?,14?,16-,17-/m0/s1. The Morgan fingerprint density at radius 1 is 1.20 bits per heavy atom. The van der Waals surface area contributed by atoms with Crippen LogP contribution in [-0.2, 0) is 9.53 Å². The molecule has 4 heterocycles. The van der Waals surface area contributed by atoms with E-state index < -0.39 is 0 Å². The van der Waals surface area contributed by atoms with E-state index in [2.05, 4.69) is 4.98 Å². The summed E-state index contributed by atoms with van der Waals surface area (Å²) < 4.78 is 12.1. The molecule has 0 unspecified atom stereocenters. The van der Waals surface area contributed by atoms with Crippen molar-refractivity contribution >= 4 is 5.91 Å². The Hall–Kier alpha value is -1.66. The number of hydrogen-bond donors (Lipinski definition) is 1. The highest BCUT2D eigenvalue weighted by Crippen LogP contribution is 2.38. The van der Waals surface area contributed by atoms with Crippen molar-refractivity contribution < 1.29 is 14.3 Å². The van der Waals surface area contributed by atoms with Gasteiger partial charge in [-0.25, -0.2) is 0 Å². The van der Waals surface area contributed by atoms with E-state index in [4.69, 9.17) is 15.2 Å². The number of carbonyl (C=O) groups is 1. The fraction of sp³-hybridized carbons (Fsp3) is 0.684. The monoisotopic (exact) mass is 345 g/mol. The lowest BCUT2D eigenvalue weighted by Crippen LogP contribution is -2.57. The van der Waals surface area contributed by atoms with Crippen LogP contribution in [0.2, 0.25) is 0 Å². The first-order valence-corrected chi connectivity index (χ1v) is 9.45. The van der Waals surface area contributed by atoms with Crippen molar-refractivity contribution in [3.05, 3.63) is 24.0 Å². The first-order chi connectivity index (χ1) is 12.2. The van der Waals surface area contributed by atoms with Crippen molar-refractivity contribution in [2.24, 2.45) is 5.73 Å². The molecule has 2 bridgehead atoms. The maximum absolute atomic E-state index is 12.8. The van der Waals surface area contributed by atoms with Gasteiger partial charge in [-0.15, -0.1) is 0 Å². The Bertz CT molecular complexity index is 616. The molecule has 1 aromatic rings. The molecule has 1 saturated heterocycles. The molecule has 1 amide bonds. The van der Waals surface area contributed by atoms with Gasteiger partial charge in [-0.2, -0.15) is 0 Å². The number of pyridine rings is 1. The van der Waals surface area contributed by atoms with Gasteiger partial charge in [-0.05, 0) is 50.5 Å². The second-order valence-electron chi connectivity index (χ2n) is 7.47. The summed E-state index contributed by atoms with van der Waals surface area (Å²) in [6, 6.07) is 1.97. The molecule has 0 spiro atoms. The minimum atomic E-state index is -0.0447. The normalized spacial score (nSPS) is 33.3. The molecule has 1 saturated carbocycles. The maximum Gasteiger partial charge on any atom is 0.260 e. The summed E-state index contributed by atoms with van der Waals surface area (Å²) in [6.07, 6.45) is 9.96. The van der Waals surface area contributed by atoms with Crippen molar-refractivity contribution in [3.63, 3.8) is 0 Å². The van der Waals surface area contributed by atoms with Crippen molar-refractivity contribution in [3.8, 4) is 5.75 Å². The second-order valence-corrected chi connectivity index (χ2v) is 7.47. The Morgan fingerprint density at radius 3 is 2.88 bits per heavy atom. The summed E-state index contributed by atoms with van der Waals surface area (Å²) in [5.41, 5.74) is 7.49. The van der Waals surface area contributed by atoms with Crippen molar-refractivity contribution in [2.45, 2.75) is 62.6 Å². The number of aromatic nitrogens is 1. The van der Waals surface area contributed by atoms with Crippen molar-refractivity contribution in [2.75, 3.05) is 19.8 Å². The summed E-state index contributed by atoms with van der Waals surface area (Å²) in [5.74, 6) is 1.20. The molecule has 1 aromatic heterocycles. The number of ether oxygens (including phenoxy) is 2. The molecular weight excluding hydrogens is 318 g/mol. The first kappa shape index (κ1) is 16.8. The third-order valence-electron chi connectivity index (χ3n) is 5.94. The number of piperidine rings is 1. The topological polar surface area (TPSA) is 77.7 Å². The molecule has 2 N–H and O–H groups in total. The number of nitrogens with zero attached hydrogens (tertiary/aromatic N) is 2. The van der Waals surface area contributed by atoms with Crippen LogP contribution in [-0.4, -0.2) is 53.7 Å². The van der Waals surface area contributed by atoms with Crippen molar-refractivity contribution in [1.29, 1.82) is 0 Å². The molecule has 25 heavy (non-hydrogen) atoms. The quantitative estimate of drug-likeness (QED) is 0.776. The molecule has 0 radical (unpaired) electrons. The molecule has 6 heteroatoms. The second kappa shape index (κ2) is 7.30. The predicted octanol–water partition coefficient (Wildman–Crippen LogP) is 1.84. The molecule has 6 nitrogen and oxygen atoms in total. The SMILES string of the molecule is N[C@H]1CCCN2C(=O)COc3cnccc3C3CCC(CC3)OC[C@@H]12. The zero-order valence-electron chi connectivity index (χ0n) is 14.6. The van der Waals surface area contributed by atoms with E-state index in [9.17, 15) is 4.79 Å². The molecular formula is C19H27N3O3. The lowest BCUT2D eigenvalue weighted by Gasteiger charge is -2.40. The highest BCUT2D eigenvalue weighted by atomic mass is 16.5. The summed E-state index contributed by atoms with van der Waals surface area (Å²) in [5, 5.41) is 0. The maximum atomic E-state index is 12.8. The van der Waals surface area contributed by atoms with E-state index in [0.717, 1.165) is 50.8 Å². The average Bonchev–Trinajstić information content (AvgIpc) is 2.66. The van der Waals surface area contributed by atoms with Gasteiger partial charge in [0.05, 0.1) is 24.9 Å². The van der Waals surface area contributed by atoms with Gasteiger partial charge < -0.3 is 20.1 Å². The van der Waals surface area contributed by atoms with E-state index in [-0.39, 0.29) is 30.7 Å². The number of hydrogen-bond acceptors (Lipinski definition) is 5. The van der Waals surface area contributed by atoms with Gasteiger partial charge in [-0.3, -0.25) is 9.78 Å². The Balaban J connectivity index is 1.61. The van der Waals surface area contributed by atoms with Crippen LogP contribution in [0.25, 0.3) is 0 Å². The van der Waals surface area contributed by atoms with Gasteiger partial charge in [0.25, 0.3) is 5.91 Å². The fourth-order valence-corrected chi connectivity index (χ4v) is 4.46. The van der Waals surface area contributed by atoms with Crippen molar-refractivity contribution in [1.82, 2.24) is 9.88 Å². The summed E-state index contributed by atoms with van der Waals surface area (Å²) in [6.45, 7) is 1.31. The van der Waals surface area contributed by atoms with E-state index in [1.54, 1.807) is 6.20 Å². The van der Waals surface area contributed by atoms with E-state index in [0.29, 0.717) is 12.5 Å². The van der Waals surface area contributed by atoms with Crippen LogP contribution >= 0.6 is 0 Å². The highest BCUT2D eigenvalue weighted by molar-refractivity contribution is 5.78. The predicted molar refractivity (Wildman–Crippen MR) is 93.4 cm³/mol. The van der Waals surface area contributed by atoms with E-state index in [1.807, 2.05) is 17.2 Å². The third-order valence-corrected chi connectivity index (χ3v) is 5.94. The molecule has 136 valence electrons. The van der Waals surface area contributed by atoms with Crippen LogP contribution in [0.4, 0.5) is 0 Å². The highest BCUT2D eigenvalue weighted by Gasteiger charge is 2.34. The first-order valence-electron chi connectivity index (χ1n) is 9.45. The number of nitrogens with two attached hydrogens (primary N) is 1. The van der Waals surface area contributed by atoms with E-state index in [1.165, 1.54) is 5.56 Å². The van der Waals surface area contributed by atoms with Crippen LogP contribution in [0.15, 0.2) is 18.5 Å². The number of amides is 1. The fourth-order valence-electron chi connectivity index (χ4n) is 4.46. The minimum Gasteiger partial charge on any atom is -0.482 e. The Kier molecular flexibility index (Phi) is 4.90.